The Kier molecular flexibility index (Phi) is 2.79. The summed E-state index contributed by atoms with van der Waals surface area (Å²) < 4.78 is 1.93. The second kappa shape index (κ2) is 4.10. The standard InChI is InChI=1S/C13H15NO2/c1-9(10(2)15)14-8-7-13(16)11-5-3-4-6-12(11)14/h3-10,15H,1-2H3. The van der Waals surface area contributed by atoms with Gasteiger partial charge >= 0.3 is 0 Å². The van der Waals surface area contributed by atoms with Crippen LogP contribution in [0.3, 0.4) is 0 Å². The van der Waals surface area contributed by atoms with E-state index >= 15 is 0 Å². The molecule has 2 rings (SSSR count). The van der Waals surface area contributed by atoms with Crippen molar-refractivity contribution in [2.24, 2.45) is 0 Å². The average Bonchev–Trinajstić information content (AvgIpc) is 2.29. The summed E-state index contributed by atoms with van der Waals surface area (Å²) in [7, 11) is 0. The molecule has 84 valence electrons. The van der Waals surface area contributed by atoms with Gasteiger partial charge in [-0.1, -0.05) is 12.1 Å². The highest BCUT2D eigenvalue weighted by molar-refractivity contribution is 5.78. The van der Waals surface area contributed by atoms with Crippen molar-refractivity contribution in [2.45, 2.75) is 26.0 Å². The number of aromatic nitrogens is 1. The number of hydrogen-bond donors (Lipinski definition) is 1. The first-order valence-corrected chi connectivity index (χ1v) is 5.39. The molecule has 2 atom stereocenters. The van der Waals surface area contributed by atoms with Gasteiger partial charge in [-0.2, -0.15) is 0 Å². The fourth-order valence-electron chi connectivity index (χ4n) is 1.81. The molecule has 2 aromatic rings. The van der Waals surface area contributed by atoms with Gasteiger partial charge in [0.1, 0.15) is 0 Å². The molecule has 0 fully saturated rings. The Morgan fingerprint density at radius 2 is 1.88 bits per heavy atom. The van der Waals surface area contributed by atoms with Crippen molar-refractivity contribution in [3.8, 4) is 0 Å². The molecule has 0 aliphatic carbocycles. The summed E-state index contributed by atoms with van der Waals surface area (Å²) in [5, 5.41) is 10.3. The van der Waals surface area contributed by atoms with Gasteiger partial charge in [0.2, 0.25) is 0 Å². The smallest absolute Gasteiger partial charge is 0.189 e. The summed E-state index contributed by atoms with van der Waals surface area (Å²) in [6.45, 7) is 3.68. The van der Waals surface area contributed by atoms with E-state index in [0.29, 0.717) is 5.39 Å². The van der Waals surface area contributed by atoms with Crippen LogP contribution in [0.5, 0.6) is 0 Å². The van der Waals surface area contributed by atoms with E-state index in [9.17, 15) is 9.90 Å². The number of pyridine rings is 1. The maximum atomic E-state index is 11.6. The summed E-state index contributed by atoms with van der Waals surface area (Å²) in [6.07, 6.45) is 1.29. The van der Waals surface area contributed by atoms with Crippen LogP contribution in [-0.4, -0.2) is 15.8 Å². The number of nitrogens with zero attached hydrogens (tertiary/aromatic N) is 1. The molecule has 1 aromatic heterocycles. The van der Waals surface area contributed by atoms with Crippen LogP contribution >= 0.6 is 0 Å². The number of aliphatic hydroxyl groups is 1. The molecular weight excluding hydrogens is 202 g/mol. The Labute approximate surface area is 94.0 Å². The van der Waals surface area contributed by atoms with Gasteiger partial charge in [0.25, 0.3) is 0 Å². The number of benzene rings is 1. The van der Waals surface area contributed by atoms with Crippen LogP contribution in [0.15, 0.2) is 41.3 Å². The van der Waals surface area contributed by atoms with Crippen LogP contribution in [0.2, 0.25) is 0 Å². The van der Waals surface area contributed by atoms with Crippen LogP contribution in [0.4, 0.5) is 0 Å². The minimum atomic E-state index is -0.453. The Balaban J connectivity index is 2.72. The third-order valence-corrected chi connectivity index (χ3v) is 2.97. The summed E-state index contributed by atoms with van der Waals surface area (Å²) in [6, 6.07) is 8.94. The minimum absolute atomic E-state index is 0.0182. The molecule has 3 nitrogen and oxygen atoms in total. The van der Waals surface area contributed by atoms with Gasteiger partial charge in [-0.25, -0.2) is 0 Å². The molecule has 0 aliphatic rings. The molecule has 1 heterocycles. The fourth-order valence-corrected chi connectivity index (χ4v) is 1.81. The molecule has 16 heavy (non-hydrogen) atoms. The molecule has 0 radical (unpaired) electrons. The van der Waals surface area contributed by atoms with Crippen LogP contribution in [0, 0.1) is 0 Å². The number of para-hydroxylation sites is 1. The summed E-state index contributed by atoms with van der Waals surface area (Å²) in [4.78, 5) is 11.6. The van der Waals surface area contributed by atoms with Crippen molar-refractivity contribution in [2.75, 3.05) is 0 Å². The maximum absolute atomic E-state index is 11.6. The molecular formula is C13H15NO2. The van der Waals surface area contributed by atoms with E-state index in [1.165, 1.54) is 0 Å². The van der Waals surface area contributed by atoms with Crippen LogP contribution in [0.1, 0.15) is 19.9 Å². The van der Waals surface area contributed by atoms with Crippen molar-refractivity contribution in [1.82, 2.24) is 4.57 Å². The second-order valence-electron chi connectivity index (χ2n) is 4.09. The predicted octanol–water partition coefficient (Wildman–Crippen LogP) is 1.94. The van der Waals surface area contributed by atoms with Crippen molar-refractivity contribution in [1.29, 1.82) is 0 Å². The number of aliphatic hydroxyl groups excluding tert-OH is 1. The topological polar surface area (TPSA) is 42.2 Å². The third kappa shape index (κ3) is 1.74. The third-order valence-electron chi connectivity index (χ3n) is 2.97. The van der Waals surface area contributed by atoms with E-state index in [1.54, 1.807) is 19.2 Å². The van der Waals surface area contributed by atoms with E-state index in [1.807, 2.05) is 35.8 Å². The molecule has 2 unspecified atom stereocenters. The van der Waals surface area contributed by atoms with Crippen LogP contribution < -0.4 is 5.43 Å². The lowest BCUT2D eigenvalue weighted by molar-refractivity contribution is 0.141. The van der Waals surface area contributed by atoms with Gasteiger partial charge < -0.3 is 9.67 Å². The highest BCUT2D eigenvalue weighted by Crippen LogP contribution is 2.17. The zero-order valence-electron chi connectivity index (χ0n) is 9.42. The Morgan fingerprint density at radius 1 is 1.19 bits per heavy atom. The van der Waals surface area contributed by atoms with Gasteiger partial charge in [-0.05, 0) is 26.0 Å². The first-order chi connectivity index (χ1) is 7.61. The summed E-state index contributed by atoms with van der Waals surface area (Å²) >= 11 is 0. The van der Waals surface area contributed by atoms with Gasteiger partial charge in [0.05, 0.1) is 17.7 Å². The van der Waals surface area contributed by atoms with E-state index in [4.69, 9.17) is 0 Å². The SMILES string of the molecule is CC(O)C(C)n1ccc(=O)c2ccccc21. The molecule has 0 spiro atoms. The Bertz CT molecular complexity index is 557. The van der Waals surface area contributed by atoms with Gasteiger partial charge in [0.15, 0.2) is 5.43 Å². The average molecular weight is 217 g/mol. The molecule has 0 amide bonds. The number of rotatable bonds is 2. The Hall–Kier alpha value is -1.61. The maximum Gasteiger partial charge on any atom is 0.189 e. The molecule has 0 saturated heterocycles. The summed E-state index contributed by atoms with van der Waals surface area (Å²) in [5.41, 5.74) is 0.882. The van der Waals surface area contributed by atoms with Gasteiger partial charge in [0, 0.05) is 17.6 Å². The zero-order chi connectivity index (χ0) is 11.7. The zero-order valence-corrected chi connectivity index (χ0v) is 9.42. The van der Waals surface area contributed by atoms with Crippen LogP contribution in [-0.2, 0) is 0 Å². The first-order valence-electron chi connectivity index (χ1n) is 5.39. The molecule has 0 aliphatic heterocycles. The highest BCUT2D eigenvalue weighted by Gasteiger charge is 2.12. The lowest BCUT2D eigenvalue weighted by Gasteiger charge is -2.20. The second-order valence-corrected chi connectivity index (χ2v) is 4.09. The lowest BCUT2D eigenvalue weighted by atomic mass is 10.1. The Morgan fingerprint density at radius 3 is 2.56 bits per heavy atom. The van der Waals surface area contributed by atoms with E-state index in [0.717, 1.165) is 5.52 Å². The normalized spacial score (nSPS) is 14.9. The fraction of sp³-hybridized carbons (Fsp3) is 0.308. The van der Waals surface area contributed by atoms with E-state index in [2.05, 4.69) is 0 Å². The number of hydrogen-bond acceptors (Lipinski definition) is 2. The van der Waals surface area contributed by atoms with E-state index < -0.39 is 6.10 Å². The van der Waals surface area contributed by atoms with Crippen molar-refractivity contribution in [3.05, 3.63) is 46.8 Å². The van der Waals surface area contributed by atoms with Gasteiger partial charge in [-0.15, -0.1) is 0 Å². The number of fused-ring (bicyclic) bond motifs is 1. The highest BCUT2D eigenvalue weighted by atomic mass is 16.3. The molecule has 0 bridgehead atoms. The predicted molar refractivity (Wildman–Crippen MR) is 64.6 cm³/mol. The minimum Gasteiger partial charge on any atom is -0.391 e. The molecule has 0 saturated carbocycles. The van der Waals surface area contributed by atoms with Crippen molar-refractivity contribution >= 4 is 10.9 Å². The molecule has 1 aromatic carbocycles. The summed E-state index contributed by atoms with van der Waals surface area (Å²) in [5.74, 6) is 0. The van der Waals surface area contributed by atoms with Crippen molar-refractivity contribution < 1.29 is 5.11 Å². The molecule has 1 N–H and O–H groups in total. The van der Waals surface area contributed by atoms with E-state index in [-0.39, 0.29) is 11.5 Å². The first kappa shape index (κ1) is 10.9. The molecule has 3 heteroatoms. The monoisotopic (exact) mass is 217 g/mol. The quantitative estimate of drug-likeness (QED) is 0.835. The van der Waals surface area contributed by atoms with Crippen molar-refractivity contribution in [3.63, 3.8) is 0 Å². The van der Waals surface area contributed by atoms with Gasteiger partial charge in [-0.3, -0.25) is 4.79 Å². The lowest BCUT2D eigenvalue weighted by Crippen LogP contribution is -2.20. The van der Waals surface area contributed by atoms with Crippen LogP contribution in [0.25, 0.3) is 10.9 Å². The largest absolute Gasteiger partial charge is 0.391 e.